The summed E-state index contributed by atoms with van der Waals surface area (Å²) in [5, 5.41) is 11.6. The molecule has 1 aliphatic carbocycles. The summed E-state index contributed by atoms with van der Waals surface area (Å²) in [4.78, 5) is 37.1. The van der Waals surface area contributed by atoms with Crippen molar-refractivity contribution >= 4 is 18.0 Å². The zero-order chi connectivity index (χ0) is 22.4. The summed E-state index contributed by atoms with van der Waals surface area (Å²) < 4.78 is 5.52. The van der Waals surface area contributed by atoms with Crippen LogP contribution in [0.3, 0.4) is 0 Å². The summed E-state index contributed by atoms with van der Waals surface area (Å²) in [5.41, 5.74) is 4.49. The molecule has 2 amide bonds. The van der Waals surface area contributed by atoms with E-state index in [1.54, 1.807) is 0 Å². The van der Waals surface area contributed by atoms with E-state index < -0.39 is 30.6 Å². The first kappa shape index (κ1) is 22.3. The maximum absolute atomic E-state index is 12.6. The Hall–Kier alpha value is -3.35. The number of hydrogen-bond donors (Lipinski definition) is 2. The van der Waals surface area contributed by atoms with Gasteiger partial charge in [0.15, 0.2) is 0 Å². The fourth-order valence-electron chi connectivity index (χ4n) is 3.99. The molecule has 1 atom stereocenters. The van der Waals surface area contributed by atoms with Gasteiger partial charge < -0.3 is 20.1 Å². The van der Waals surface area contributed by atoms with E-state index in [4.69, 9.17) is 9.84 Å². The number of carboxylic acids is 1. The highest BCUT2D eigenvalue weighted by Crippen LogP contribution is 2.44. The smallest absolute Gasteiger partial charge is 0.407 e. The standard InChI is InChI=1S/C24H28N2O5/c1-3-4-13-21(23(29)26(2)14-22(27)28)25-24(30)31-15-20-18-11-7-5-9-16(18)17-10-6-8-12-19(17)20/h5-12,20-21H,3-4,13-15H2,1-2H3,(H,25,30)(H,27,28). The molecule has 3 rings (SSSR count). The SMILES string of the molecule is CCCCC(NC(=O)OCC1c2ccccc2-c2ccccc21)C(=O)N(C)CC(=O)O. The van der Waals surface area contributed by atoms with E-state index in [1.807, 2.05) is 43.3 Å². The highest BCUT2D eigenvalue weighted by molar-refractivity contribution is 5.88. The van der Waals surface area contributed by atoms with Gasteiger partial charge in [-0.25, -0.2) is 4.79 Å². The van der Waals surface area contributed by atoms with Crippen molar-refractivity contribution in [1.29, 1.82) is 0 Å². The molecular formula is C24H28N2O5. The fourth-order valence-corrected chi connectivity index (χ4v) is 3.99. The first-order chi connectivity index (χ1) is 14.9. The highest BCUT2D eigenvalue weighted by atomic mass is 16.5. The first-order valence-corrected chi connectivity index (χ1v) is 10.5. The molecule has 0 bridgehead atoms. The Balaban J connectivity index is 1.66. The molecule has 1 aliphatic rings. The zero-order valence-corrected chi connectivity index (χ0v) is 17.8. The Morgan fingerprint density at radius 3 is 2.19 bits per heavy atom. The second kappa shape index (κ2) is 10.1. The third-order valence-electron chi connectivity index (χ3n) is 5.53. The Morgan fingerprint density at radius 2 is 1.65 bits per heavy atom. The van der Waals surface area contributed by atoms with E-state index in [1.165, 1.54) is 7.05 Å². The van der Waals surface area contributed by atoms with Gasteiger partial charge in [-0.15, -0.1) is 0 Å². The number of carbonyl (C=O) groups excluding carboxylic acids is 2. The molecule has 2 aromatic carbocycles. The monoisotopic (exact) mass is 424 g/mol. The van der Waals surface area contributed by atoms with Crippen LogP contribution in [0.5, 0.6) is 0 Å². The van der Waals surface area contributed by atoms with Crippen LogP contribution in [0, 0.1) is 0 Å². The summed E-state index contributed by atoms with van der Waals surface area (Å²) in [7, 11) is 1.41. The number of ether oxygens (including phenoxy) is 1. The number of carboxylic acid groups (broad SMARTS) is 1. The van der Waals surface area contributed by atoms with E-state index in [9.17, 15) is 14.4 Å². The maximum Gasteiger partial charge on any atom is 0.407 e. The van der Waals surface area contributed by atoms with E-state index in [0.29, 0.717) is 6.42 Å². The predicted octanol–water partition coefficient (Wildman–Crippen LogP) is 3.63. The Morgan fingerprint density at radius 1 is 1.06 bits per heavy atom. The van der Waals surface area contributed by atoms with Gasteiger partial charge in [0, 0.05) is 13.0 Å². The molecule has 0 aromatic heterocycles. The number of rotatable bonds is 9. The Labute approximate surface area is 182 Å². The summed E-state index contributed by atoms with van der Waals surface area (Å²) in [6.07, 6.45) is 1.31. The topological polar surface area (TPSA) is 95.9 Å². The van der Waals surface area contributed by atoms with Crippen LogP contribution >= 0.6 is 0 Å². The minimum absolute atomic E-state index is 0.0716. The average Bonchev–Trinajstić information content (AvgIpc) is 3.08. The molecule has 1 unspecified atom stereocenters. The molecule has 7 heteroatoms. The largest absolute Gasteiger partial charge is 0.480 e. The Bertz CT molecular complexity index is 913. The molecule has 0 aliphatic heterocycles. The van der Waals surface area contributed by atoms with Gasteiger partial charge in [-0.3, -0.25) is 9.59 Å². The van der Waals surface area contributed by atoms with Gasteiger partial charge in [-0.2, -0.15) is 0 Å². The number of fused-ring (bicyclic) bond motifs is 3. The van der Waals surface area contributed by atoms with E-state index in [-0.39, 0.29) is 12.5 Å². The van der Waals surface area contributed by atoms with Gasteiger partial charge in [0.25, 0.3) is 0 Å². The van der Waals surface area contributed by atoms with Crippen LogP contribution in [-0.2, 0) is 14.3 Å². The van der Waals surface area contributed by atoms with Crippen molar-refractivity contribution in [3.05, 3.63) is 59.7 Å². The van der Waals surface area contributed by atoms with Crippen molar-refractivity contribution in [3.8, 4) is 11.1 Å². The summed E-state index contributed by atoms with van der Waals surface area (Å²) in [6, 6.07) is 15.3. The van der Waals surface area contributed by atoms with Crippen LogP contribution in [-0.4, -0.2) is 54.2 Å². The molecule has 0 heterocycles. The fraction of sp³-hybridized carbons (Fsp3) is 0.375. The highest BCUT2D eigenvalue weighted by Gasteiger charge is 2.30. The quantitative estimate of drug-likeness (QED) is 0.641. The number of nitrogens with one attached hydrogen (secondary N) is 1. The lowest BCUT2D eigenvalue weighted by Crippen LogP contribution is -2.48. The second-order valence-corrected chi connectivity index (χ2v) is 7.75. The molecule has 0 radical (unpaired) electrons. The van der Waals surface area contributed by atoms with Crippen molar-refractivity contribution < 1.29 is 24.2 Å². The zero-order valence-electron chi connectivity index (χ0n) is 17.8. The number of unbranched alkanes of at least 4 members (excludes halogenated alkanes) is 1. The van der Waals surface area contributed by atoms with Crippen LogP contribution in [0.2, 0.25) is 0 Å². The molecule has 7 nitrogen and oxygen atoms in total. The van der Waals surface area contributed by atoms with Crippen molar-refractivity contribution in [1.82, 2.24) is 10.2 Å². The minimum Gasteiger partial charge on any atom is -0.480 e. The third kappa shape index (κ3) is 5.23. The normalized spacial score (nSPS) is 13.1. The van der Waals surface area contributed by atoms with Crippen LogP contribution in [0.1, 0.15) is 43.2 Å². The molecule has 164 valence electrons. The van der Waals surface area contributed by atoms with Crippen LogP contribution in [0.15, 0.2) is 48.5 Å². The van der Waals surface area contributed by atoms with Crippen molar-refractivity contribution in [2.75, 3.05) is 20.2 Å². The number of amides is 2. The van der Waals surface area contributed by atoms with Gasteiger partial charge in [0.1, 0.15) is 19.2 Å². The van der Waals surface area contributed by atoms with Crippen LogP contribution in [0.4, 0.5) is 4.79 Å². The van der Waals surface area contributed by atoms with Crippen molar-refractivity contribution in [2.24, 2.45) is 0 Å². The number of aliphatic carboxylic acids is 1. The van der Waals surface area contributed by atoms with E-state index >= 15 is 0 Å². The lowest BCUT2D eigenvalue weighted by molar-refractivity contribution is -0.144. The maximum atomic E-state index is 12.6. The molecule has 31 heavy (non-hydrogen) atoms. The Kier molecular flexibility index (Phi) is 7.28. The molecule has 0 saturated carbocycles. The van der Waals surface area contributed by atoms with Crippen LogP contribution < -0.4 is 5.32 Å². The molecule has 2 N–H and O–H groups in total. The van der Waals surface area contributed by atoms with Crippen molar-refractivity contribution in [3.63, 3.8) is 0 Å². The average molecular weight is 424 g/mol. The molecule has 0 spiro atoms. The second-order valence-electron chi connectivity index (χ2n) is 7.75. The van der Waals surface area contributed by atoms with Gasteiger partial charge in [-0.1, -0.05) is 68.3 Å². The van der Waals surface area contributed by atoms with Gasteiger partial charge in [0.2, 0.25) is 5.91 Å². The molecule has 2 aromatic rings. The summed E-state index contributed by atoms with van der Waals surface area (Å²) in [6.45, 7) is 1.71. The van der Waals surface area contributed by atoms with Gasteiger partial charge in [-0.05, 0) is 28.7 Å². The predicted molar refractivity (Wildman–Crippen MR) is 117 cm³/mol. The van der Waals surface area contributed by atoms with Crippen molar-refractivity contribution in [2.45, 2.75) is 38.1 Å². The lowest BCUT2D eigenvalue weighted by atomic mass is 9.98. The number of benzene rings is 2. The number of hydrogen-bond acceptors (Lipinski definition) is 4. The third-order valence-corrected chi connectivity index (χ3v) is 5.53. The van der Waals surface area contributed by atoms with Gasteiger partial charge >= 0.3 is 12.1 Å². The minimum atomic E-state index is -1.11. The number of likely N-dealkylation sites (N-methyl/N-ethyl adjacent to an activating group) is 1. The number of alkyl carbamates (subject to hydrolysis) is 1. The summed E-state index contributed by atoms with van der Waals surface area (Å²) >= 11 is 0. The molecule has 0 saturated heterocycles. The number of nitrogens with zero attached hydrogens (tertiary/aromatic N) is 1. The van der Waals surface area contributed by atoms with Gasteiger partial charge in [0.05, 0.1) is 0 Å². The first-order valence-electron chi connectivity index (χ1n) is 10.5. The number of carbonyl (C=O) groups is 3. The molecule has 0 fully saturated rings. The van der Waals surface area contributed by atoms with Crippen LogP contribution in [0.25, 0.3) is 11.1 Å². The molecular weight excluding hydrogens is 396 g/mol. The lowest BCUT2D eigenvalue weighted by Gasteiger charge is -2.23. The summed E-state index contributed by atoms with van der Waals surface area (Å²) in [5.74, 6) is -1.62. The van der Waals surface area contributed by atoms with E-state index in [0.717, 1.165) is 40.0 Å². The van der Waals surface area contributed by atoms with E-state index in [2.05, 4.69) is 17.4 Å².